The third kappa shape index (κ3) is 3.85. The Balaban J connectivity index is 2.07. The summed E-state index contributed by atoms with van der Waals surface area (Å²) >= 11 is 0. The highest BCUT2D eigenvalue weighted by Gasteiger charge is 2.16. The van der Waals surface area contributed by atoms with Gasteiger partial charge in [-0.1, -0.05) is 0 Å². The summed E-state index contributed by atoms with van der Waals surface area (Å²) < 4.78 is 15.5. The van der Waals surface area contributed by atoms with Crippen molar-refractivity contribution in [2.75, 3.05) is 6.61 Å². The van der Waals surface area contributed by atoms with E-state index in [1.807, 2.05) is 0 Å². The highest BCUT2D eigenvalue weighted by molar-refractivity contribution is 5.78. The summed E-state index contributed by atoms with van der Waals surface area (Å²) in [5.41, 5.74) is -0.558. The molecule has 1 heterocycles. The van der Waals surface area contributed by atoms with Gasteiger partial charge in [-0.3, -0.25) is 0 Å². The van der Waals surface area contributed by atoms with Gasteiger partial charge in [0.2, 0.25) is 0 Å². The zero-order chi connectivity index (χ0) is 14.8. The molecule has 0 saturated heterocycles. The Morgan fingerprint density at radius 2 is 1.90 bits per heavy atom. The Labute approximate surface area is 116 Å². The fraction of sp³-hybridized carbons (Fsp3) is 0.333. The molecular weight excluding hydrogens is 260 g/mol. The van der Waals surface area contributed by atoms with Crippen LogP contribution in [0.1, 0.15) is 20.8 Å². The van der Waals surface area contributed by atoms with Crippen molar-refractivity contribution in [3.05, 3.63) is 40.8 Å². The van der Waals surface area contributed by atoms with Gasteiger partial charge in [0.05, 0.1) is 0 Å². The highest BCUT2D eigenvalue weighted by atomic mass is 16.6. The summed E-state index contributed by atoms with van der Waals surface area (Å²) in [6, 6.07) is 8.04. The third-order valence-electron chi connectivity index (χ3n) is 2.37. The van der Waals surface area contributed by atoms with Gasteiger partial charge in [0.15, 0.2) is 6.61 Å². The molecule has 1 aromatic heterocycles. The number of ether oxygens (including phenoxy) is 2. The van der Waals surface area contributed by atoms with E-state index in [4.69, 9.17) is 13.9 Å². The number of fused-ring (bicyclic) bond motifs is 1. The van der Waals surface area contributed by atoms with Crippen LogP contribution < -0.4 is 10.4 Å². The van der Waals surface area contributed by atoms with Crippen LogP contribution >= 0.6 is 0 Å². The van der Waals surface area contributed by atoms with Crippen LogP contribution in [0.5, 0.6) is 5.75 Å². The molecule has 0 aliphatic heterocycles. The topological polar surface area (TPSA) is 65.7 Å². The number of esters is 1. The van der Waals surface area contributed by atoms with E-state index in [2.05, 4.69) is 0 Å². The lowest BCUT2D eigenvalue weighted by atomic mass is 10.2. The summed E-state index contributed by atoms with van der Waals surface area (Å²) in [5, 5.41) is 0.786. The van der Waals surface area contributed by atoms with Crippen LogP contribution in [0.3, 0.4) is 0 Å². The Bertz CT molecular complexity index is 678. The normalized spacial score (nSPS) is 11.3. The minimum Gasteiger partial charge on any atom is -0.482 e. The van der Waals surface area contributed by atoms with E-state index in [9.17, 15) is 9.59 Å². The molecule has 2 aromatic rings. The predicted octanol–water partition coefficient (Wildman–Crippen LogP) is 2.51. The van der Waals surface area contributed by atoms with Gasteiger partial charge in [0, 0.05) is 17.5 Å². The Morgan fingerprint density at radius 1 is 1.20 bits per heavy atom. The molecule has 0 unspecified atom stereocenters. The lowest BCUT2D eigenvalue weighted by molar-refractivity contribution is -0.157. The second-order valence-electron chi connectivity index (χ2n) is 5.33. The lowest BCUT2D eigenvalue weighted by Gasteiger charge is -2.19. The zero-order valence-electron chi connectivity index (χ0n) is 11.6. The van der Waals surface area contributed by atoms with Crippen molar-refractivity contribution in [1.29, 1.82) is 0 Å². The summed E-state index contributed by atoms with van der Waals surface area (Å²) in [4.78, 5) is 22.7. The van der Waals surface area contributed by atoms with E-state index >= 15 is 0 Å². The molecule has 0 saturated carbocycles. The Kier molecular flexibility index (Phi) is 3.79. The molecule has 2 rings (SSSR count). The Morgan fingerprint density at radius 3 is 2.60 bits per heavy atom. The minimum atomic E-state index is -0.545. The standard InChI is InChI=1S/C15H16O5/c1-15(2,3)20-14(17)9-18-11-6-4-10-5-7-13(16)19-12(10)8-11/h4-8H,9H2,1-3H3. The van der Waals surface area contributed by atoms with E-state index in [-0.39, 0.29) is 6.61 Å². The van der Waals surface area contributed by atoms with E-state index in [0.29, 0.717) is 11.3 Å². The van der Waals surface area contributed by atoms with Gasteiger partial charge in [0.1, 0.15) is 16.9 Å². The maximum atomic E-state index is 11.5. The largest absolute Gasteiger partial charge is 0.482 e. The van der Waals surface area contributed by atoms with Crippen molar-refractivity contribution in [3.8, 4) is 5.75 Å². The maximum absolute atomic E-state index is 11.5. The highest BCUT2D eigenvalue weighted by Crippen LogP contribution is 2.19. The first-order valence-corrected chi connectivity index (χ1v) is 6.22. The molecule has 0 spiro atoms. The van der Waals surface area contributed by atoms with E-state index in [1.54, 1.807) is 45.0 Å². The summed E-state index contributed by atoms with van der Waals surface area (Å²) in [6.45, 7) is 5.17. The van der Waals surface area contributed by atoms with Crippen LogP contribution in [0.25, 0.3) is 11.0 Å². The van der Waals surface area contributed by atoms with E-state index < -0.39 is 17.2 Å². The average Bonchev–Trinajstić information content (AvgIpc) is 2.33. The monoisotopic (exact) mass is 276 g/mol. The first kappa shape index (κ1) is 14.1. The number of hydrogen-bond donors (Lipinski definition) is 0. The fourth-order valence-corrected chi connectivity index (χ4v) is 1.64. The molecule has 5 heteroatoms. The van der Waals surface area contributed by atoms with E-state index in [0.717, 1.165) is 5.39 Å². The molecule has 20 heavy (non-hydrogen) atoms. The molecular formula is C15H16O5. The summed E-state index contributed by atoms with van der Waals surface area (Å²) in [7, 11) is 0. The van der Waals surface area contributed by atoms with Crippen molar-refractivity contribution in [2.45, 2.75) is 26.4 Å². The van der Waals surface area contributed by atoms with Crippen LogP contribution in [-0.4, -0.2) is 18.2 Å². The first-order chi connectivity index (χ1) is 9.33. The maximum Gasteiger partial charge on any atom is 0.344 e. The summed E-state index contributed by atoms with van der Waals surface area (Å²) in [5.74, 6) is -0.00943. The molecule has 0 fully saturated rings. The molecule has 0 bridgehead atoms. The van der Waals surface area contributed by atoms with Gasteiger partial charge in [0.25, 0.3) is 0 Å². The second-order valence-corrected chi connectivity index (χ2v) is 5.33. The number of hydrogen-bond acceptors (Lipinski definition) is 5. The van der Waals surface area contributed by atoms with Crippen LogP contribution in [-0.2, 0) is 9.53 Å². The molecule has 0 aliphatic rings. The van der Waals surface area contributed by atoms with Crippen molar-refractivity contribution in [2.24, 2.45) is 0 Å². The molecule has 0 amide bonds. The minimum absolute atomic E-state index is 0.195. The third-order valence-corrected chi connectivity index (χ3v) is 2.37. The molecule has 0 radical (unpaired) electrons. The Hall–Kier alpha value is -2.30. The first-order valence-electron chi connectivity index (χ1n) is 6.22. The smallest absolute Gasteiger partial charge is 0.344 e. The number of carbonyl (C=O) groups is 1. The fourth-order valence-electron chi connectivity index (χ4n) is 1.64. The van der Waals surface area contributed by atoms with Gasteiger partial charge in [-0.25, -0.2) is 9.59 Å². The van der Waals surface area contributed by atoms with Crippen LogP contribution in [0.2, 0.25) is 0 Å². The van der Waals surface area contributed by atoms with Crippen LogP contribution in [0.15, 0.2) is 39.5 Å². The van der Waals surface area contributed by atoms with E-state index in [1.165, 1.54) is 6.07 Å². The van der Waals surface area contributed by atoms with Crippen LogP contribution in [0.4, 0.5) is 0 Å². The SMILES string of the molecule is CC(C)(C)OC(=O)COc1ccc2ccc(=O)oc2c1. The van der Waals surface area contributed by atoms with Crippen molar-refractivity contribution >= 4 is 16.9 Å². The number of carbonyl (C=O) groups excluding carboxylic acids is 1. The van der Waals surface area contributed by atoms with Crippen molar-refractivity contribution < 1.29 is 18.7 Å². The molecule has 0 aliphatic carbocycles. The van der Waals surface area contributed by atoms with Gasteiger partial charge in [-0.15, -0.1) is 0 Å². The molecule has 0 N–H and O–H groups in total. The van der Waals surface area contributed by atoms with Crippen LogP contribution in [0, 0.1) is 0 Å². The zero-order valence-corrected chi connectivity index (χ0v) is 11.6. The summed E-state index contributed by atoms with van der Waals surface area (Å²) in [6.07, 6.45) is 0. The van der Waals surface area contributed by atoms with Crippen molar-refractivity contribution in [1.82, 2.24) is 0 Å². The van der Waals surface area contributed by atoms with Crippen molar-refractivity contribution in [3.63, 3.8) is 0 Å². The van der Waals surface area contributed by atoms with Gasteiger partial charge in [-0.2, -0.15) is 0 Å². The van der Waals surface area contributed by atoms with Gasteiger partial charge >= 0.3 is 11.6 Å². The average molecular weight is 276 g/mol. The van der Waals surface area contributed by atoms with Gasteiger partial charge < -0.3 is 13.9 Å². The second kappa shape index (κ2) is 5.36. The predicted molar refractivity (Wildman–Crippen MR) is 73.8 cm³/mol. The van der Waals surface area contributed by atoms with Gasteiger partial charge in [-0.05, 0) is 39.0 Å². The molecule has 1 aromatic carbocycles. The lowest BCUT2D eigenvalue weighted by Crippen LogP contribution is -2.27. The molecule has 5 nitrogen and oxygen atoms in total. The number of rotatable bonds is 3. The molecule has 0 atom stereocenters. The number of benzene rings is 1. The quantitative estimate of drug-likeness (QED) is 0.636. The molecule has 106 valence electrons.